The monoisotopic (exact) mass is 258 g/mol. The summed E-state index contributed by atoms with van der Waals surface area (Å²) in [5, 5.41) is 0. The van der Waals surface area contributed by atoms with Crippen molar-refractivity contribution >= 4 is 0 Å². The molecule has 0 bridgehead atoms. The SMILES string of the molecule is Cc1cc(C2CCC(C)(C)CC2)ccc1C(C)(C)C. The van der Waals surface area contributed by atoms with Crippen LogP contribution in [-0.4, -0.2) is 0 Å². The van der Waals surface area contributed by atoms with Crippen molar-refractivity contribution in [2.24, 2.45) is 5.41 Å². The Balaban J connectivity index is 2.17. The molecule has 0 nitrogen and oxygen atoms in total. The Hall–Kier alpha value is -0.780. The van der Waals surface area contributed by atoms with Crippen LogP contribution in [0.4, 0.5) is 0 Å². The van der Waals surface area contributed by atoms with Crippen LogP contribution in [0.3, 0.4) is 0 Å². The molecule has 0 heteroatoms. The summed E-state index contributed by atoms with van der Waals surface area (Å²) in [4.78, 5) is 0. The lowest BCUT2D eigenvalue weighted by Crippen LogP contribution is -2.20. The van der Waals surface area contributed by atoms with Crippen molar-refractivity contribution in [3.8, 4) is 0 Å². The molecule has 0 aromatic heterocycles. The van der Waals surface area contributed by atoms with Gasteiger partial charge in [0.05, 0.1) is 0 Å². The fourth-order valence-electron chi connectivity index (χ4n) is 3.51. The summed E-state index contributed by atoms with van der Waals surface area (Å²) in [6, 6.07) is 7.20. The average Bonchev–Trinajstić information content (AvgIpc) is 2.27. The molecule has 0 radical (unpaired) electrons. The average molecular weight is 258 g/mol. The van der Waals surface area contributed by atoms with E-state index in [1.54, 1.807) is 5.56 Å². The molecule has 1 aromatic rings. The third kappa shape index (κ3) is 3.41. The second-order valence-electron chi connectivity index (χ2n) is 8.26. The maximum absolute atomic E-state index is 2.45. The lowest BCUT2D eigenvalue weighted by atomic mass is 9.71. The van der Waals surface area contributed by atoms with Crippen molar-refractivity contribution in [2.75, 3.05) is 0 Å². The molecule has 0 atom stereocenters. The van der Waals surface area contributed by atoms with Gasteiger partial charge >= 0.3 is 0 Å². The van der Waals surface area contributed by atoms with E-state index in [0.717, 1.165) is 5.92 Å². The quantitative estimate of drug-likeness (QED) is 0.581. The molecule has 1 aliphatic carbocycles. The molecule has 1 aromatic carbocycles. The summed E-state index contributed by atoms with van der Waals surface area (Å²) in [5.74, 6) is 0.792. The van der Waals surface area contributed by atoms with Crippen molar-refractivity contribution in [2.45, 2.75) is 78.6 Å². The van der Waals surface area contributed by atoms with Gasteiger partial charge in [-0.2, -0.15) is 0 Å². The van der Waals surface area contributed by atoms with Crippen LogP contribution in [0.2, 0.25) is 0 Å². The maximum Gasteiger partial charge on any atom is -0.0129 e. The Bertz CT molecular complexity index is 436. The molecule has 1 saturated carbocycles. The van der Waals surface area contributed by atoms with E-state index in [0.29, 0.717) is 5.41 Å². The second-order valence-corrected chi connectivity index (χ2v) is 8.26. The van der Waals surface area contributed by atoms with Gasteiger partial charge in [0.25, 0.3) is 0 Å². The van der Waals surface area contributed by atoms with Crippen molar-refractivity contribution in [1.82, 2.24) is 0 Å². The smallest absolute Gasteiger partial charge is 0.0129 e. The zero-order chi connectivity index (χ0) is 14.3. The summed E-state index contributed by atoms with van der Waals surface area (Å²) in [6.07, 6.45) is 5.47. The van der Waals surface area contributed by atoms with Crippen LogP contribution < -0.4 is 0 Å². The van der Waals surface area contributed by atoms with Gasteiger partial charge in [0, 0.05) is 0 Å². The highest BCUT2D eigenvalue weighted by Crippen LogP contribution is 2.43. The molecule has 2 rings (SSSR count). The molecular weight excluding hydrogens is 228 g/mol. The molecule has 1 aliphatic rings. The number of rotatable bonds is 1. The largest absolute Gasteiger partial charge is 0.0599 e. The van der Waals surface area contributed by atoms with E-state index in [2.05, 4.69) is 59.7 Å². The molecule has 0 N–H and O–H groups in total. The number of benzene rings is 1. The zero-order valence-corrected chi connectivity index (χ0v) is 13.6. The number of hydrogen-bond acceptors (Lipinski definition) is 0. The lowest BCUT2D eigenvalue weighted by Gasteiger charge is -2.35. The van der Waals surface area contributed by atoms with Crippen LogP contribution >= 0.6 is 0 Å². The van der Waals surface area contributed by atoms with E-state index in [-0.39, 0.29) is 5.41 Å². The highest BCUT2D eigenvalue weighted by molar-refractivity contribution is 5.37. The molecule has 0 unspecified atom stereocenters. The van der Waals surface area contributed by atoms with E-state index in [1.807, 2.05) is 0 Å². The Morgan fingerprint density at radius 1 is 1.05 bits per heavy atom. The van der Waals surface area contributed by atoms with Crippen LogP contribution in [0.5, 0.6) is 0 Å². The minimum Gasteiger partial charge on any atom is -0.0599 e. The molecule has 0 aliphatic heterocycles. The van der Waals surface area contributed by atoms with E-state index >= 15 is 0 Å². The van der Waals surface area contributed by atoms with Crippen LogP contribution in [-0.2, 0) is 5.41 Å². The first-order valence-corrected chi connectivity index (χ1v) is 7.80. The second kappa shape index (κ2) is 4.96. The van der Waals surface area contributed by atoms with Crippen molar-refractivity contribution in [3.05, 3.63) is 34.9 Å². The summed E-state index contributed by atoms with van der Waals surface area (Å²) in [5.41, 5.74) is 5.36. The third-order valence-electron chi connectivity index (χ3n) is 4.87. The Morgan fingerprint density at radius 2 is 1.63 bits per heavy atom. The van der Waals surface area contributed by atoms with Gasteiger partial charge in [0.1, 0.15) is 0 Å². The predicted molar refractivity (Wildman–Crippen MR) is 84.9 cm³/mol. The molecule has 0 spiro atoms. The molecule has 106 valence electrons. The highest BCUT2D eigenvalue weighted by Gasteiger charge is 2.28. The van der Waals surface area contributed by atoms with Gasteiger partial charge in [0.2, 0.25) is 0 Å². The van der Waals surface area contributed by atoms with Crippen LogP contribution in [0.1, 0.15) is 82.9 Å². The molecule has 0 amide bonds. The van der Waals surface area contributed by atoms with Crippen LogP contribution in [0.25, 0.3) is 0 Å². The van der Waals surface area contributed by atoms with Crippen LogP contribution in [0.15, 0.2) is 18.2 Å². The van der Waals surface area contributed by atoms with Gasteiger partial charge in [0.15, 0.2) is 0 Å². The van der Waals surface area contributed by atoms with Crippen molar-refractivity contribution < 1.29 is 0 Å². The van der Waals surface area contributed by atoms with Gasteiger partial charge in [-0.15, -0.1) is 0 Å². The fourth-order valence-corrected chi connectivity index (χ4v) is 3.51. The maximum atomic E-state index is 2.45. The van der Waals surface area contributed by atoms with E-state index in [1.165, 1.54) is 36.8 Å². The summed E-state index contributed by atoms with van der Waals surface area (Å²) in [7, 11) is 0. The highest BCUT2D eigenvalue weighted by atomic mass is 14.3. The van der Waals surface area contributed by atoms with Gasteiger partial charge in [-0.1, -0.05) is 52.8 Å². The summed E-state index contributed by atoms with van der Waals surface area (Å²) >= 11 is 0. The van der Waals surface area contributed by atoms with Crippen LogP contribution in [0, 0.1) is 12.3 Å². The van der Waals surface area contributed by atoms with E-state index < -0.39 is 0 Å². The molecule has 0 saturated heterocycles. The fraction of sp³-hybridized carbons (Fsp3) is 0.684. The van der Waals surface area contributed by atoms with Crippen molar-refractivity contribution in [3.63, 3.8) is 0 Å². The first-order chi connectivity index (χ1) is 8.69. The Labute approximate surface area is 119 Å². The molecule has 1 fully saturated rings. The lowest BCUT2D eigenvalue weighted by molar-refractivity contribution is 0.224. The van der Waals surface area contributed by atoms with Gasteiger partial charge in [-0.05, 0) is 66.0 Å². The Kier molecular flexibility index (Phi) is 3.82. The topological polar surface area (TPSA) is 0 Å². The number of aryl methyl sites for hydroxylation is 1. The van der Waals surface area contributed by atoms with Gasteiger partial charge in [-0.3, -0.25) is 0 Å². The Morgan fingerprint density at radius 3 is 2.11 bits per heavy atom. The molecule has 0 heterocycles. The minimum atomic E-state index is 0.261. The zero-order valence-electron chi connectivity index (χ0n) is 13.6. The molecular formula is C19H30. The summed E-state index contributed by atoms with van der Waals surface area (Å²) in [6.45, 7) is 14.0. The molecule has 19 heavy (non-hydrogen) atoms. The number of hydrogen-bond donors (Lipinski definition) is 0. The first kappa shape index (κ1) is 14.6. The minimum absolute atomic E-state index is 0.261. The first-order valence-electron chi connectivity index (χ1n) is 7.80. The third-order valence-corrected chi connectivity index (χ3v) is 4.87. The summed E-state index contributed by atoms with van der Waals surface area (Å²) < 4.78 is 0. The van der Waals surface area contributed by atoms with Gasteiger partial charge < -0.3 is 0 Å². The van der Waals surface area contributed by atoms with Crippen molar-refractivity contribution in [1.29, 1.82) is 0 Å². The van der Waals surface area contributed by atoms with E-state index in [4.69, 9.17) is 0 Å². The van der Waals surface area contributed by atoms with E-state index in [9.17, 15) is 0 Å². The normalized spacial score (nSPS) is 20.5. The standard InChI is InChI=1S/C19H30/c1-14-13-16(7-8-17(14)18(2,3)4)15-9-11-19(5,6)12-10-15/h7-8,13,15H,9-12H2,1-6H3. The van der Waals surface area contributed by atoms with Gasteiger partial charge in [-0.25, -0.2) is 0 Å². The predicted octanol–water partition coefficient (Wildman–Crippen LogP) is 5.98.